The van der Waals surface area contributed by atoms with Crippen molar-refractivity contribution in [2.45, 2.75) is 58.6 Å². The topological polar surface area (TPSA) is 39.1 Å². The number of ether oxygens (including phenoxy) is 1. The van der Waals surface area contributed by atoms with Gasteiger partial charge in [-0.25, -0.2) is 0 Å². The van der Waals surface area contributed by atoms with Gasteiger partial charge in [-0.05, 0) is 45.7 Å². The van der Waals surface area contributed by atoms with E-state index < -0.39 is 0 Å². The van der Waals surface area contributed by atoms with Crippen molar-refractivity contribution >= 4 is 0 Å². The lowest BCUT2D eigenvalue weighted by atomic mass is 9.97. The Hall–Kier alpha value is -0.870. The minimum Gasteiger partial charge on any atom is -0.379 e. The van der Waals surface area contributed by atoms with Crippen molar-refractivity contribution in [3.8, 4) is 0 Å². The SMILES string of the molecule is CCNC(CCC(C)(C)OC)c1cc(CC)nn1C. The summed E-state index contributed by atoms with van der Waals surface area (Å²) in [4.78, 5) is 0. The molecule has 4 nitrogen and oxygen atoms in total. The number of rotatable bonds is 8. The van der Waals surface area contributed by atoms with Gasteiger partial charge in [0.05, 0.1) is 17.0 Å². The van der Waals surface area contributed by atoms with Crippen LogP contribution < -0.4 is 5.32 Å². The van der Waals surface area contributed by atoms with Crippen molar-refractivity contribution in [3.63, 3.8) is 0 Å². The van der Waals surface area contributed by atoms with E-state index in [-0.39, 0.29) is 5.60 Å². The molecular formula is C15H29N3O. The third-order valence-corrected chi connectivity index (χ3v) is 3.72. The van der Waals surface area contributed by atoms with E-state index in [2.05, 4.69) is 44.2 Å². The van der Waals surface area contributed by atoms with Crippen molar-refractivity contribution in [3.05, 3.63) is 17.5 Å². The van der Waals surface area contributed by atoms with Gasteiger partial charge in [-0.2, -0.15) is 5.10 Å². The van der Waals surface area contributed by atoms with Crippen LogP contribution in [0, 0.1) is 0 Å². The quantitative estimate of drug-likeness (QED) is 0.787. The smallest absolute Gasteiger partial charge is 0.0625 e. The van der Waals surface area contributed by atoms with Crippen LogP contribution in [0.4, 0.5) is 0 Å². The number of hydrogen-bond donors (Lipinski definition) is 1. The summed E-state index contributed by atoms with van der Waals surface area (Å²) in [7, 11) is 3.81. The molecular weight excluding hydrogens is 238 g/mol. The largest absolute Gasteiger partial charge is 0.379 e. The van der Waals surface area contributed by atoms with E-state index in [0.717, 1.165) is 31.5 Å². The maximum atomic E-state index is 5.51. The molecule has 1 heterocycles. The summed E-state index contributed by atoms with van der Waals surface area (Å²) in [5.74, 6) is 0. The molecule has 1 rings (SSSR count). The fraction of sp³-hybridized carbons (Fsp3) is 0.800. The van der Waals surface area contributed by atoms with E-state index in [1.807, 2.05) is 11.7 Å². The predicted molar refractivity (Wildman–Crippen MR) is 79.3 cm³/mol. The van der Waals surface area contributed by atoms with Gasteiger partial charge in [0.15, 0.2) is 0 Å². The molecule has 0 saturated heterocycles. The summed E-state index contributed by atoms with van der Waals surface area (Å²) in [5, 5.41) is 8.10. The molecule has 0 bridgehead atoms. The zero-order chi connectivity index (χ0) is 14.5. The van der Waals surface area contributed by atoms with Gasteiger partial charge in [-0.3, -0.25) is 4.68 Å². The molecule has 0 aliphatic rings. The summed E-state index contributed by atoms with van der Waals surface area (Å²) in [6.07, 6.45) is 3.06. The molecule has 0 aromatic carbocycles. The molecule has 1 aromatic rings. The molecule has 1 atom stereocenters. The van der Waals surface area contributed by atoms with Crippen LogP contribution in [0.2, 0.25) is 0 Å². The molecule has 0 spiro atoms. The first kappa shape index (κ1) is 16.2. The van der Waals surface area contributed by atoms with Crippen LogP contribution in [0.1, 0.15) is 58.0 Å². The molecule has 4 heteroatoms. The van der Waals surface area contributed by atoms with Gasteiger partial charge >= 0.3 is 0 Å². The van der Waals surface area contributed by atoms with Crippen LogP contribution >= 0.6 is 0 Å². The third-order valence-electron chi connectivity index (χ3n) is 3.72. The fourth-order valence-electron chi connectivity index (χ4n) is 2.24. The van der Waals surface area contributed by atoms with Gasteiger partial charge in [0.25, 0.3) is 0 Å². The Morgan fingerprint density at radius 2 is 2.11 bits per heavy atom. The van der Waals surface area contributed by atoms with E-state index in [4.69, 9.17) is 4.74 Å². The summed E-state index contributed by atoms with van der Waals surface area (Å²) < 4.78 is 7.51. The minimum atomic E-state index is -0.0696. The Labute approximate surface area is 117 Å². The number of hydrogen-bond acceptors (Lipinski definition) is 3. The second-order valence-corrected chi connectivity index (χ2v) is 5.65. The zero-order valence-electron chi connectivity index (χ0n) is 13.3. The molecule has 0 radical (unpaired) electrons. The van der Waals surface area contributed by atoms with Crippen LogP contribution in [0.3, 0.4) is 0 Å². The second-order valence-electron chi connectivity index (χ2n) is 5.65. The van der Waals surface area contributed by atoms with Gasteiger partial charge in [0.1, 0.15) is 0 Å². The highest BCUT2D eigenvalue weighted by atomic mass is 16.5. The monoisotopic (exact) mass is 267 g/mol. The number of nitrogens with one attached hydrogen (secondary N) is 1. The molecule has 0 amide bonds. The lowest BCUT2D eigenvalue weighted by Gasteiger charge is -2.26. The van der Waals surface area contributed by atoms with Crippen molar-refractivity contribution in [2.75, 3.05) is 13.7 Å². The van der Waals surface area contributed by atoms with E-state index >= 15 is 0 Å². The Balaban J connectivity index is 2.78. The highest BCUT2D eigenvalue weighted by molar-refractivity contribution is 5.14. The molecule has 0 saturated carbocycles. The lowest BCUT2D eigenvalue weighted by molar-refractivity contribution is 0.0115. The van der Waals surface area contributed by atoms with Crippen molar-refractivity contribution in [1.29, 1.82) is 0 Å². The zero-order valence-corrected chi connectivity index (χ0v) is 13.3. The maximum Gasteiger partial charge on any atom is 0.0625 e. The second kappa shape index (κ2) is 7.06. The number of methoxy groups -OCH3 is 1. The van der Waals surface area contributed by atoms with E-state index in [1.54, 1.807) is 7.11 Å². The van der Waals surface area contributed by atoms with Crippen LogP contribution in [0.5, 0.6) is 0 Å². The molecule has 1 N–H and O–H groups in total. The Morgan fingerprint density at radius 3 is 2.58 bits per heavy atom. The first-order valence-corrected chi connectivity index (χ1v) is 7.24. The van der Waals surface area contributed by atoms with Gasteiger partial charge in [-0.15, -0.1) is 0 Å². The summed E-state index contributed by atoms with van der Waals surface area (Å²) >= 11 is 0. The van der Waals surface area contributed by atoms with Gasteiger partial charge in [-0.1, -0.05) is 13.8 Å². The summed E-state index contributed by atoms with van der Waals surface area (Å²) in [6, 6.07) is 2.56. The van der Waals surface area contributed by atoms with Gasteiger partial charge < -0.3 is 10.1 Å². The Morgan fingerprint density at radius 1 is 1.42 bits per heavy atom. The van der Waals surface area contributed by atoms with Crippen molar-refractivity contribution < 1.29 is 4.74 Å². The fourth-order valence-corrected chi connectivity index (χ4v) is 2.24. The molecule has 1 unspecified atom stereocenters. The van der Waals surface area contributed by atoms with Gasteiger partial charge in [0.2, 0.25) is 0 Å². The number of nitrogens with zero attached hydrogens (tertiary/aromatic N) is 2. The Bertz CT molecular complexity index is 385. The third kappa shape index (κ3) is 4.62. The average molecular weight is 267 g/mol. The van der Waals surface area contributed by atoms with E-state index in [0.29, 0.717) is 6.04 Å². The highest BCUT2D eigenvalue weighted by Crippen LogP contribution is 2.25. The normalized spacial score (nSPS) is 13.8. The lowest BCUT2D eigenvalue weighted by Crippen LogP contribution is -2.28. The molecule has 1 aromatic heterocycles. The van der Waals surface area contributed by atoms with Crippen LogP contribution in [-0.4, -0.2) is 29.0 Å². The number of aromatic nitrogens is 2. The molecule has 0 aliphatic carbocycles. The average Bonchev–Trinajstić information content (AvgIpc) is 2.76. The van der Waals surface area contributed by atoms with Gasteiger partial charge in [0, 0.05) is 20.2 Å². The maximum absolute atomic E-state index is 5.51. The van der Waals surface area contributed by atoms with Crippen LogP contribution in [-0.2, 0) is 18.2 Å². The van der Waals surface area contributed by atoms with Crippen molar-refractivity contribution in [1.82, 2.24) is 15.1 Å². The molecule has 19 heavy (non-hydrogen) atoms. The number of aryl methyl sites for hydroxylation is 2. The highest BCUT2D eigenvalue weighted by Gasteiger charge is 2.21. The van der Waals surface area contributed by atoms with Crippen molar-refractivity contribution in [2.24, 2.45) is 7.05 Å². The first-order chi connectivity index (χ1) is 8.93. The van der Waals surface area contributed by atoms with E-state index in [1.165, 1.54) is 5.69 Å². The summed E-state index contributed by atoms with van der Waals surface area (Å²) in [6.45, 7) is 9.52. The van der Waals surface area contributed by atoms with E-state index in [9.17, 15) is 0 Å². The first-order valence-electron chi connectivity index (χ1n) is 7.24. The predicted octanol–water partition coefficient (Wildman–Crippen LogP) is 2.84. The standard InChI is InChI=1S/C15H29N3O/c1-7-12-11-14(18(5)17-12)13(16-8-2)9-10-15(3,4)19-6/h11,13,16H,7-10H2,1-6H3. The van der Waals surface area contributed by atoms with Crippen LogP contribution in [0.15, 0.2) is 6.07 Å². The summed E-state index contributed by atoms with van der Waals surface area (Å²) in [5.41, 5.74) is 2.36. The Kier molecular flexibility index (Phi) is 6.01. The molecule has 0 aliphatic heterocycles. The molecule has 0 fully saturated rings. The molecule has 110 valence electrons. The minimum absolute atomic E-state index is 0.0696. The van der Waals surface area contributed by atoms with Crippen LogP contribution in [0.25, 0.3) is 0 Å².